The number of pyridine rings is 1. The minimum Gasteiger partial charge on any atom is -0.489 e. The third-order valence-electron chi connectivity index (χ3n) is 4.81. The van der Waals surface area contributed by atoms with Crippen LogP contribution in [0.5, 0.6) is 5.75 Å². The number of nitrogens with zero attached hydrogens (tertiary/aromatic N) is 3. The average Bonchev–Trinajstić information content (AvgIpc) is 3.11. The maximum Gasteiger partial charge on any atom is 0.261 e. The van der Waals surface area contributed by atoms with Crippen LogP contribution in [0.3, 0.4) is 0 Å². The molecule has 0 unspecified atom stereocenters. The van der Waals surface area contributed by atoms with Crippen LogP contribution in [0.25, 0.3) is 5.57 Å². The van der Waals surface area contributed by atoms with Crippen molar-refractivity contribution in [2.45, 2.75) is 6.61 Å². The normalized spacial score (nSPS) is 13.7. The molecule has 1 amide bonds. The number of anilines is 1. The number of carbonyl (C=O) groups excluding carboxylic acids is 1. The SMILES string of the molecule is CN(O)C1=C(c2ccc(OCc3ccccc3)cc2)C(=O)N(c2ccncc2)C1. The number of ether oxygens (including phenoxy) is 1. The lowest BCUT2D eigenvalue weighted by atomic mass is 10.0. The predicted octanol–water partition coefficient (Wildman–Crippen LogP) is 3.74. The van der Waals surface area contributed by atoms with Gasteiger partial charge in [-0.3, -0.25) is 20.0 Å². The first-order valence-corrected chi connectivity index (χ1v) is 9.28. The number of hydrogen-bond donors (Lipinski definition) is 1. The largest absolute Gasteiger partial charge is 0.489 e. The van der Waals surface area contributed by atoms with Gasteiger partial charge < -0.3 is 9.64 Å². The average molecular weight is 387 g/mol. The van der Waals surface area contributed by atoms with Crippen molar-refractivity contribution in [1.29, 1.82) is 0 Å². The smallest absolute Gasteiger partial charge is 0.261 e. The predicted molar refractivity (Wildman–Crippen MR) is 110 cm³/mol. The number of carbonyl (C=O) groups is 1. The molecule has 0 spiro atoms. The summed E-state index contributed by atoms with van der Waals surface area (Å²) >= 11 is 0. The van der Waals surface area contributed by atoms with E-state index in [1.54, 1.807) is 29.4 Å². The Balaban J connectivity index is 1.55. The third kappa shape index (κ3) is 3.97. The van der Waals surface area contributed by atoms with E-state index in [1.165, 1.54) is 7.05 Å². The summed E-state index contributed by atoms with van der Waals surface area (Å²) in [5.74, 6) is 0.554. The van der Waals surface area contributed by atoms with Crippen molar-refractivity contribution < 1.29 is 14.7 Å². The Labute approximate surface area is 169 Å². The summed E-state index contributed by atoms with van der Waals surface area (Å²) in [6, 6.07) is 20.8. The van der Waals surface area contributed by atoms with Gasteiger partial charge in [-0.2, -0.15) is 0 Å². The number of rotatable bonds is 6. The molecule has 6 nitrogen and oxygen atoms in total. The molecule has 0 bridgehead atoms. The van der Waals surface area contributed by atoms with Gasteiger partial charge >= 0.3 is 0 Å². The topological polar surface area (TPSA) is 65.9 Å². The maximum absolute atomic E-state index is 13.1. The Morgan fingerprint density at radius 3 is 2.38 bits per heavy atom. The molecule has 0 saturated carbocycles. The number of amides is 1. The quantitative estimate of drug-likeness (QED) is 0.653. The van der Waals surface area contributed by atoms with Gasteiger partial charge in [0.05, 0.1) is 17.8 Å². The molecule has 1 aliphatic heterocycles. The monoisotopic (exact) mass is 387 g/mol. The van der Waals surface area contributed by atoms with Gasteiger partial charge in [0, 0.05) is 25.1 Å². The summed E-state index contributed by atoms with van der Waals surface area (Å²) in [6.45, 7) is 0.764. The number of benzene rings is 2. The second-order valence-electron chi connectivity index (χ2n) is 6.74. The molecule has 0 atom stereocenters. The number of likely N-dealkylation sites (N-methyl/N-ethyl adjacent to an activating group) is 1. The van der Waals surface area contributed by atoms with Gasteiger partial charge in [-0.05, 0) is 35.4 Å². The van der Waals surface area contributed by atoms with Crippen molar-refractivity contribution in [2.75, 3.05) is 18.5 Å². The van der Waals surface area contributed by atoms with Gasteiger partial charge in [0.1, 0.15) is 12.4 Å². The molecular formula is C23H21N3O3. The Bertz CT molecular complexity index is 1020. The van der Waals surface area contributed by atoms with Crippen LogP contribution in [0.15, 0.2) is 84.8 Å². The second kappa shape index (κ2) is 8.16. The molecule has 1 aliphatic rings. The minimum atomic E-state index is -0.162. The van der Waals surface area contributed by atoms with E-state index in [-0.39, 0.29) is 12.5 Å². The fraction of sp³-hybridized carbons (Fsp3) is 0.130. The van der Waals surface area contributed by atoms with Crippen LogP contribution in [-0.2, 0) is 11.4 Å². The lowest BCUT2D eigenvalue weighted by molar-refractivity contribution is -0.112. The number of aromatic nitrogens is 1. The molecule has 6 heteroatoms. The molecular weight excluding hydrogens is 366 g/mol. The Morgan fingerprint density at radius 2 is 1.72 bits per heavy atom. The molecule has 2 aromatic carbocycles. The first kappa shape index (κ1) is 18.7. The summed E-state index contributed by atoms with van der Waals surface area (Å²) in [6.07, 6.45) is 3.28. The van der Waals surface area contributed by atoms with E-state index < -0.39 is 0 Å². The van der Waals surface area contributed by atoms with E-state index in [0.29, 0.717) is 23.6 Å². The van der Waals surface area contributed by atoms with Gasteiger partial charge in [-0.25, -0.2) is 0 Å². The van der Waals surface area contributed by atoms with E-state index in [9.17, 15) is 10.0 Å². The number of hydrogen-bond acceptors (Lipinski definition) is 5. The van der Waals surface area contributed by atoms with E-state index in [1.807, 2.05) is 54.6 Å². The van der Waals surface area contributed by atoms with E-state index in [4.69, 9.17) is 4.74 Å². The zero-order valence-corrected chi connectivity index (χ0v) is 16.0. The highest BCUT2D eigenvalue weighted by Crippen LogP contribution is 2.33. The molecule has 0 saturated heterocycles. The van der Waals surface area contributed by atoms with Crippen molar-refractivity contribution in [3.05, 3.63) is 95.9 Å². The fourth-order valence-corrected chi connectivity index (χ4v) is 3.30. The summed E-state index contributed by atoms with van der Waals surface area (Å²) in [5.41, 5.74) is 3.57. The van der Waals surface area contributed by atoms with E-state index in [0.717, 1.165) is 21.9 Å². The van der Waals surface area contributed by atoms with Gasteiger partial charge in [-0.15, -0.1) is 0 Å². The van der Waals surface area contributed by atoms with Crippen LogP contribution in [0.1, 0.15) is 11.1 Å². The highest BCUT2D eigenvalue weighted by atomic mass is 16.5. The summed E-state index contributed by atoms with van der Waals surface area (Å²) in [4.78, 5) is 18.7. The van der Waals surface area contributed by atoms with Gasteiger partial charge in [0.15, 0.2) is 0 Å². The van der Waals surface area contributed by atoms with E-state index in [2.05, 4.69) is 4.98 Å². The van der Waals surface area contributed by atoms with Crippen LogP contribution < -0.4 is 9.64 Å². The molecule has 1 aromatic heterocycles. The second-order valence-corrected chi connectivity index (χ2v) is 6.74. The molecule has 146 valence electrons. The van der Waals surface area contributed by atoms with Crippen LogP contribution in [0, 0.1) is 0 Å². The number of hydroxylamine groups is 2. The van der Waals surface area contributed by atoms with Gasteiger partial charge in [0.2, 0.25) is 0 Å². The molecule has 3 aromatic rings. The van der Waals surface area contributed by atoms with Crippen LogP contribution in [0.4, 0.5) is 5.69 Å². The molecule has 1 N–H and O–H groups in total. The van der Waals surface area contributed by atoms with Crippen LogP contribution >= 0.6 is 0 Å². The van der Waals surface area contributed by atoms with Crippen LogP contribution in [-0.4, -0.2) is 34.8 Å². The van der Waals surface area contributed by atoms with Crippen molar-refractivity contribution >= 4 is 17.2 Å². The van der Waals surface area contributed by atoms with Gasteiger partial charge in [-0.1, -0.05) is 42.5 Å². The fourth-order valence-electron chi connectivity index (χ4n) is 3.30. The van der Waals surface area contributed by atoms with Gasteiger partial charge in [0.25, 0.3) is 5.91 Å². The zero-order valence-electron chi connectivity index (χ0n) is 16.0. The highest BCUT2D eigenvalue weighted by molar-refractivity contribution is 6.29. The Kier molecular flexibility index (Phi) is 5.27. The lowest BCUT2D eigenvalue weighted by Gasteiger charge is -2.17. The lowest BCUT2D eigenvalue weighted by Crippen LogP contribution is -2.27. The molecule has 0 radical (unpaired) electrons. The van der Waals surface area contributed by atoms with Crippen molar-refractivity contribution in [1.82, 2.24) is 10.0 Å². The minimum absolute atomic E-state index is 0.162. The zero-order chi connectivity index (χ0) is 20.2. The molecule has 2 heterocycles. The third-order valence-corrected chi connectivity index (χ3v) is 4.81. The Morgan fingerprint density at radius 1 is 1.03 bits per heavy atom. The molecule has 4 rings (SSSR count). The first-order valence-electron chi connectivity index (χ1n) is 9.28. The van der Waals surface area contributed by atoms with Crippen LogP contribution in [0.2, 0.25) is 0 Å². The maximum atomic E-state index is 13.1. The Hall–Kier alpha value is -3.64. The molecule has 0 aliphatic carbocycles. The first-order chi connectivity index (χ1) is 14.1. The standard InChI is InChI=1S/C23H21N3O3/c1-25(28)21-15-26(19-11-13-24-14-12-19)23(27)22(21)18-7-9-20(10-8-18)29-16-17-5-3-2-4-6-17/h2-14,28H,15-16H2,1H3. The van der Waals surface area contributed by atoms with Crippen molar-refractivity contribution in [2.24, 2.45) is 0 Å². The summed E-state index contributed by atoms with van der Waals surface area (Å²) in [5, 5.41) is 11.1. The summed E-state index contributed by atoms with van der Waals surface area (Å²) in [7, 11) is 1.52. The summed E-state index contributed by atoms with van der Waals surface area (Å²) < 4.78 is 5.82. The molecule has 0 fully saturated rings. The van der Waals surface area contributed by atoms with Crippen molar-refractivity contribution in [3.63, 3.8) is 0 Å². The van der Waals surface area contributed by atoms with E-state index >= 15 is 0 Å². The highest BCUT2D eigenvalue weighted by Gasteiger charge is 2.34. The molecule has 29 heavy (non-hydrogen) atoms. The van der Waals surface area contributed by atoms with Crippen molar-refractivity contribution in [3.8, 4) is 5.75 Å².